The molecule has 2 aliphatic rings. The summed E-state index contributed by atoms with van der Waals surface area (Å²) >= 11 is 0. The van der Waals surface area contributed by atoms with E-state index in [2.05, 4.69) is 34.6 Å². The van der Waals surface area contributed by atoms with E-state index in [1.54, 1.807) is 0 Å². The van der Waals surface area contributed by atoms with E-state index >= 15 is 0 Å². The molecular weight excluding hydrogens is 316 g/mol. The summed E-state index contributed by atoms with van der Waals surface area (Å²) in [6.07, 6.45) is 3.15. The molecule has 0 aromatic carbocycles. The van der Waals surface area contributed by atoms with Crippen LogP contribution in [0.15, 0.2) is 0 Å². The first-order chi connectivity index (χ1) is 11.7. The number of rotatable bonds is 8. The summed E-state index contributed by atoms with van der Waals surface area (Å²) in [5.74, 6) is 1.57. The van der Waals surface area contributed by atoms with Gasteiger partial charge in [0.15, 0.2) is 6.29 Å². The van der Waals surface area contributed by atoms with Crippen molar-refractivity contribution in [2.24, 2.45) is 35.0 Å². The molecular formula is C21H38O4. The van der Waals surface area contributed by atoms with Crippen LogP contribution in [0.25, 0.3) is 0 Å². The molecule has 4 heteroatoms. The van der Waals surface area contributed by atoms with Gasteiger partial charge in [0.1, 0.15) is 6.10 Å². The molecule has 2 saturated carbocycles. The Balaban J connectivity index is 2.03. The van der Waals surface area contributed by atoms with Crippen LogP contribution in [0.1, 0.15) is 67.7 Å². The molecule has 0 aromatic rings. The van der Waals surface area contributed by atoms with Crippen molar-refractivity contribution >= 4 is 5.97 Å². The van der Waals surface area contributed by atoms with E-state index in [1.165, 1.54) is 6.42 Å². The summed E-state index contributed by atoms with van der Waals surface area (Å²) in [7, 11) is 0. The van der Waals surface area contributed by atoms with Crippen LogP contribution in [0.4, 0.5) is 0 Å². The van der Waals surface area contributed by atoms with Crippen LogP contribution in [-0.4, -0.2) is 31.6 Å². The van der Waals surface area contributed by atoms with Crippen molar-refractivity contribution in [3.8, 4) is 0 Å². The molecule has 0 radical (unpaired) electrons. The van der Waals surface area contributed by atoms with Gasteiger partial charge in [-0.25, -0.2) is 0 Å². The molecule has 0 N–H and O–H groups in total. The minimum absolute atomic E-state index is 0.0517. The molecule has 146 valence electrons. The predicted octanol–water partition coefficient (Wildman–Crippen LogP) is 4.66. The van der Waals surface area contributed by atoms with Crippen LogP contribution >= 0.6 is 0 Å². The lowest BCUT2D eigenvalue weighted by molar-refractivity contribution is -0.167. The largest absolute Gasteiger partial charge is 0.462 e. The number of carbonyl (C=O) groups excluding carboxylic acids is 1. The maximum absolute atomic E-state index is 13.0. The first kappa shape index (κ1) is 20.7. The van der Waals surface area contributed by atoms with Crippen molar-refractivity contribution < 1.29 is 19.0 Å². The number of esters is 1. The van der Waals surface area contributed by atoms with E-state index in [0.717, 1.165) is 12.8 Å². The third kappa shape index (κ3) is 4.57. The monoisotopic (exact) mass is 354 g/mol. The Labute approximate surface area is 154 Å². The lowest BCUT2D eigenvalue weighted by Gasteiger charge is -2.36. The number of carbonyl (C=O) groups is 1. The Morgan fingerprint density at radius 3 is 2.24 bits per heavy atom. The molecule has 25 heavy (non-hydrogen) atoms. The molecule has 0 aliphatic heterocycles. The average molecular weight is 355 g/mol. The number of hydrogen-bond acceptors (Lipinski definition) is 4. The van der Waals surface area contributed by atoms with Gasteiger partial charge in [-0.05, 0) is 49.9 Å². The highest BCUT2D eigenvalue weighted by Crippen LogP contribution is 2.61. The molecule has 4 nitrogen and oxygen atoms in total. The zero-order valence-corrected chi connectivity index (χ0v) is 17.2. The van der Waals surface area contributed by atoms with Gasteiger partial charge in [0.25, 0.3) is 0 Å². The van der Waals surface area contributed by atoms with Crippen LogP contribution in [0.5, 0.6) is 0 Å². The second-order valence-corrected chi connectivity index (χ2v) is 8.91. The van der Waals surface area contributed by atoms with Gasteiger partial charge in [-0.1, -0.05) is 41.0 Å². The van der Waals surface area contributed by atoms with Crippen molar-refractivity contribution in [2.45, 2.75) is 80.1 Å². The molecule has 2 fully saturated rings. The van der Waals surface area contributed by atoms with E-state index < -0.39 is 0 Å². The number of hydrogen-bond donors (Lipinski definition) is 0. The molecule has 0 bridgehead atoms. The van der Waals surface area contributed by atoms with E-state index in [4.69, 9.17) is 14.2 Å². The van der Waals surface area contributed by atoms with Crippen molar-refractivity contribution in [3.05, 3.63) is 0 Å². The lowest BCUT2D eigenvalue weighted by atomic mass is 9.75. The second kappa shape index (κ2) is 8.39. The molecule has 5 atom stereocenters. The van der Waals surface area contributed by atoms with E-state index in [-0.39, 0.29) is 35.6 Å². The van der Waals surface area contributed by atoms with E-state index in [9.17, 15) is 4.79 Å². The fourth-order valence-corrected chi connectivity index (χ4v) is 4.69. The summed E-state index contributed by atoms with van der Waals surface area (Å²) in [5.41, 5.74) is -0.125. The van der Waals surface area contributed by atoms with Gasteiger partial charge in [0, 0.05) is 19.1 Å². The number of ether oxygens (including phenoxy) is 3. The fourth-order valence-electron chi connectivity index (χ4n) is 4.69. The van der Waals surface area contributed by atoms with E-state index in [1.807, 2.05) is 13.8 Å². The zero-order chi connectivity index (χ0) is 18.8. The Morgan fingerprint density at radius 2 is 1.72 bits per heavy atom. The van der Waals surface area contributed by atoms with Crippen LogP contribution < -0.4 is 0 Å². The third-order valence-electron chi connectivity index (χ3n) is 6.35. The second-order valence-electron chi connectivity index (χ2n) is 8.91. The highest BCUT2D eigenvalue weighted by Gasteiger charge is 2.67. The Hall–Kier alpha value is -0.610. The summed E-state index contributed by atoms with van der Waals surface area (Å²) in [5, 5.41) is 0. The molecule has 0 saturated heterocycles. The maximum Gasteiger partial charge on any atom is 0.310 e. The molecule has 2 aliphatic carbocycles. The first-order valence-electron chi connectivity index (χ1n) is 10.2. The normalized spacial score (nSPS) is 34.4. The first-order valence-corrected chi connectivity index (χ1v) is 10.2. The average Bonchev–Trinajstić information content (AvgIpc) is 3.09. The quantitative estimate of drug-likeness (QED) is 0.470. The lowest BCUT2D eigenvalue weighted by Crippen LogP contribution is -2.36. The molecule has 0 heterocycles. The van der Waals surface area contributed by atoms with Crippen molar-refractivity contribution in [1.82, 2.24) is 0 Å². The molecule has 5 unspecified atom stereocenters. The van der Waals surface area contributed by atoms with Crippen molar-refractivity contribution in [1.29, 1.82) is 0 Å². The SMILES string of the molecule is CCOC(OCC)C1C(C(=O)OC2CC(C)CCC2C(C)C)C1(C)C. The Kier molecular flexibility index (Phi) is 6.94. The molecule has 2 rings (SSSR count). The topological polar surface area (TPSA) is 44.8 Å². The summed E-state index contributed by atoms with van der Waals surface area (Å²) < 4.78 is 17.6. The van der Waals surface area contributed by atoms with Gasteiger partial charge in [-0.3, -0.25) is 4.79 Å². The Morgan fingerprint density at radius 1 is 1.12 bits per heavy atom. The van der Waals surface area contributed by atoms with Crippen molar-refractivity contribution in [3.63, 3.8) is 0 Å². The summed E-state index contributed by atoms with van der Waals surface area (Å²) in [4.78, 5) is 13.0. The van der Waals surface area contributed by atoms with Gasteiger partial charge in [0.2, 0.25) is 0 Å². The van der Waals surface area contributed by atoms with Crippen LogP contribution in [0, 0.1) is 35.0 Å². The highest BCUT2D eigenvalue weighted by atomic mass is 16.7. The third-order valence-corrected chi connectivity index (χ3v) is 6.35. The van der Waals surface area contributed by atoms with Gasteiger partial charge < -0.3 is 14.2 Å². The smallest absolute Gasteiger partial charge is 0.310 e. The van der Waals surface area contributed by atoms with Gasteiger partial charge >= 0.3 is 5.97 Å². The van der Waals surface area contributed by atoms with Crippen LogP contribution in [0.2, 0.25) is 0 Å². The van der Waals surface area contributed by atoms with E-state index in [0.29, 0.717) is 31.0 Å². The standard InChI is InChI=1S/C21H38O4/c1-8-23-20(24-9-2)18-17(21(18,6)7)19(22)25-16-12-14(5)10-11-15(16)13(3)4/h13-18,20H,8-12H2,1-7H3. The molecule has 0 amide bonds. The minimum atomic E-state index is -0.311. The molecule has 0 aromatic heterocycles. The predicted molar refractivity (Wildman–Crippen MR) is 99.0 cm³/mol. The zero-order valence-electron chi connectivity index (χ0n) is 17.2. The summed E-state index contributed by atoms with van der Waals surface area (Å²) in [6, 6.07) is 0. The highest BCUT2D eigenvalue weighted by molar-refractivity contribution is 5.78. The minimum Gasteiger partial charge on any atom is -0.462 e. The Bertz CT molecular complexity index is 439. The maximum atomic E-state index is 13.0. The summed E-state index contributed by atoms with van der Waals surface area (Å²) in [6.45, 7) is 16.1. The van der Waals surface area contributed by atoms with Crippen LogP contribution in [-0.2, 0) is 19.0 Å². The van der Waals surface area contributed by atoms with Gasteiger partial charge in [0.05, 0.1) is 5.92 Å². The van der Waals surface area contributed by atoms with Gasteiger partial charge in [-0.15, -0.1) is 0 Å². The van der Waals surface area contributed by atoms with Crippen molar-refractivity contribution in [2.75, 3.05) is 13.2 Å². The molecule has 0 spiro atoms. The van der Waals surface area contributed by atoms with Crippen LogP contribution in [0.3, 0.4) is 0 Å². The van der Waals surface area contributed by atoms with Gasteiger partial charge in [-0.2, -0.15) is 0 Å². The fraction of sp³-hybridized carbons (Fsp3) is 0.952.